The average molecular weight is 216 g/mol. The summed E-state index contributed by atoms with van der Waals surface area (Å²) in [6.07, 6.45) is 0. The molecule has 0 radical (unpaired) electrons. The molecule has 0 aliphatic rings. The van der Waals surface area contributed by atoms with Crippen LogP contribution in [0.15, 0.2) is 33.6 Å². The van der Waals surface area contributed by atoms with Gasteiger partial charge in [-0.25, -0.2) is 4.79 Å². The third-order valence-electron chi connectivity index (χ3n) is 2.36. The highest BCUT2D eigenvalue weighted by molar-refractivity contribution is 5.90. The van der Waals surface area contributed by atoms with Crippen molar-refractivity contribution in [1.29, 1.82) is 0 Å². The van der Waals surface area contributed by atoms with Gasteiger partial charge in [0, 0.05) is 11.6 Å². The summed E-state index contributed by atoms with van der Waals surface area (Å²) in [5.74, 6) is 0.241. The van der Waals surface area contributed by atoms with Gasteiger partial charge in [0.1, 0.15) is 5.69 Å². The first-order valence-electron chi connectivity index (χ1n) is 4.67. The Balaban J connectivity index is 2.34. The van der Waals surface area contributed by atoms with Crippen molar-refractivity contribution >= 4 is 16.9 Å². The molecule has 0 unspecified atom stereocenters. The van der Waals surface area contributed by atoms with Crippen LogP contribution in [-0.2, 0) is 0 Å². The van der Waals surface area contributed by atoms with Crippen molar-refractivity contribution in [2.75, 3.05) is 5.73 Å². The van der Waals surface area contributed by atoms with Gasteiger partial charge in [0.15, 0.2) is 0 Å². The number of anilines is 1. The van der Waals surface area contributed by atoms with E-state index in [1.54, 1.807) is 12.1 Å². The van der Waals surface area contributed by atoms with Crippen LogP contribution in [0.4, 0.5) is 5.88 Å². The molecular formula is C10H8N4O2. The zero-order chi connectivity index (χ0) is 11.1. The Morgan fingerprint density at radius 1 is 1.31 bits per heavy atom. The van der Waals surface area contributed by atoms with Gasteiger partial charge < -0.3 is 20.2 Å². The van der Waals surface area contributed by atoms with E-state index < -0.39 is 0 Å². The van der Waals surface area contributed by atoms with Crippen LogP contribution < -0.4 is 11.4 Å². The lowest BCUT2D eigenvalue weighted by atomic mass is 10.1. The van der Waals surface area contributed by atoms with Gasteiger partial charge in [-0.15, -0.1) is 0 Å². The number of nitrogens with zero attached hydrogens (tertiary/aromatic N) is 1. The second-order valence-electron chi connectivity index (χ2n) is 3.42. The van der Waals surface area contributed by atoms with Crippen LogP contribution >= 0.6 is 0 Å². The lowest BCUT2D eigenvalue weighted by molar-refractivity contribution is 0.439. The van der Waals surface area contributed by atoms with Crippen LogP contribution in [0, 0.1) is 0 Å². The Morgan fingerprint density at radius 2 is 2.19 bits per heavy atom. The smallest absolute Gasteiger partial charge is 0.323 e. The lowest BCUT2D eigenvalue weighted by Gasteiger charge is -1.96. The molecule has 0 fully saturated rings. The molecule has 0 spiro atoms. The van der Waals surface area contributed by atoms with E-state index >= 15 is 0 Å². The second kappa shape index (κ2) is 2.99. The summed E-state index contributed by atoms with van der Waals surface area (Å²) in [6.45, 7) is 0. The fraction of sp³-hybridized carbons (Fsp3) is 0. The number of aromatic nitrogens is 3. The predicted molar refractivity (Wildman–Crippen MR) is 58.8 cm³/mol. The number of para-hydroxylation sites is 1. The standard InChI is InChI=1S/C10H8N4O2/c11-8-4-7(14-16-8)5-2-1-3-6-9(5)13-10(15)12-6/h1-4H,11H2,(H2,12,13,15). The minimum Gasteiger partial charge on any atom is -0.368 e. The van der Waals surface area contributed by atoms with E-state index in [0.29, 0.717) is 11.2 Å². The highest BCUT2D eigenvalue weighted by atomic mass is 16.5. The molecule has 0 bridgehead atoms. The molecule has 0 aliphatic carbocycles. The number of nitrogens with one attached hydrogen (secondary N) is 2. The molecular weight excluding hydrogens is 208 g/mol. The Hall–Kier alpha value is -2.50. The van der Waals surface area contributed by atoms with Gasteiger partial charge >= 0.3 is 5.69 Å². The number of aromatic amines is 2. The molecule has 0 atom stereocenters. The van der Waals surface area contributed by atoms with Crippen LogP contribution in [0.25, 0.3) is 22.3 Å². The monoisotopic (exact) mass is 216 g/mol. The summed E-state index contributed by atoms with van der Waals surface area (Å²) in [7, 11) is 0. The van der Waals surface area contributed by atoms with Crippen LogP contribution in [0.1, 0.15) is 0 Å². The zero-order valence-electron chi connectivity index (χ0n) is 8.15. The molecule has 0 saturated carbocycles. The average Bonchev–Trinajstić information content (AvgIpc) is 2.82. The minimum absolute atomic E-state index is 0.241. The predicted octanol–water partition coefficient (Wildman–Crippen LogP) is 1.09. The minimum atomic E-state index is -0.251. The number of imidazole rings is 1. The Morgan fingerprint density at radius 3 is 2.94 bits per heavy atom. The van der Waals surface area contributed by atoms with Crippen molar-refractivity contribution in [3.8, 4) is 11.3 Å². The molecule has 0 aliphatic heterocycles. The third kappa shape index (κ3) is 1.20. The van der Waals surface area contributed by atoms with E-state index in [9.17, 15) is 4.79 Å². The van der Waals surface area contributed by atoms with E-state index in [2.05, 4.69) is 15.1 Å². The number of nitrogens with two attached hydrogens (primary N) is 1. The molecule has 2 heterocycles. The van der Waals surface area contributed by atoms with Crippen molar-refractivity contribution in [1.82, 2.24) is 15.1 Å². The molecule has 80 valence electrons. The van der Waals surface area contributed by atoms with Crippen LogP contribution in [0.3, 0.4) is 0 Å². The highest BCUT2D eigenvalue weighted by Crippen LogP contribution is 2.25. The number of nitrogen functional groups attached to an aromatic ring is 1. The summed E-state index contributed by atoms with van der Waals surface area (Å²) >= 11 is 0. The topological polar surface area (TPSA) is 101 Å². The zero-order valence-corrected chi connectivity index (χ0v) is 8.15. The van der Waals surface area contributed by atoms with E-state index in [4.69, 9.17) is 10.3 Å². The van der Waals surface area contributed by atoms with Gasteiger partial charge in [-0.1, -0.05) is 17.3 Å². The number of rotatable bonds is 1. The van der Waals surface area contributed by atoms with Gasteiger partial charge in [-0.2, -0.15) is 0 Å². The SMILES string of the molecule is Nc1cc(-c2cccc3[nH]c(=O)[nH]c23)no1. The number of hydrogen-bond donors (Lipinski definition) is 3. The van der Waals surface area contributed by atoms with Crippen LogP contribution in [0.2, 0.25) is 0 Å². The van der Waals surface area contributed by atoms with Crippen LogP contribution in [-0.4, -0.2) is 15.1 Å². The number of fused-ring (bicyclic) bond motifs is 1. The molecule has 6 nitrogen and oxygen atoms in total. The Kier molecular flexibility index (Phi) is 1.64. The maximum Gasteiger partial charge on any atom is 0.323 e. The normalized spacial score (nSPS) is 11.0. The number of hydrogen-bond acceptors (Lipinski definition) is 4. The van der Waals surface area contributed by atoms with Gasteiger partial charge in [0.2, 0.25) is 5.88 Å². The quantitative estimate of drug-likeness (QED) is 0.566. The number of H-pyrrole nitrogens is 2. The lowest BCUT2D eigenvalue weighted by Crippen LogP contribution is -1.99. The van der Waals surface area contributed by atoms with Crippen molar-refractivity contribution in [3.63, 3.8) is 0 Å². The molecule has 0 saturated heterocycles. The van der Waals surface area contributed by atoms with Crippen LogP contribution in [0.5, 0.6) is 0 Å². The second-order valence-corrected chi connectivity index (χ2v) is 3.42. The van der Waals surface area contributed by atoms with Crippen molar-refractivity contribution in [2.45, 2.75) is 0 Å². The molecule has 0 amide bonds. The molecule has 16 heavy (non-hydrogen) atoms. The van der Waals surface area contributed by atoms with Gasteiger partial charge in [0.05, 0.1) is 11.0 Å². The molecule has 4 N–H and O–H groups in total. The number of benzene rings is 1. The van der Waals surface area contributed by atoms with Gasteiger partial charge in [-0.3, -0.25) is 0 Å². The first-order chi connectivity index (χ1) is 7.74. The van der Waals surface area contributed by atoms with E-state index in [0.717, 1.165) is 11.1 Å². The first kappa shape index (κ1) is 8.78. The largest absolute Gasteiger partial charge is 0.368 e. The highest BCUT2D eigenvalue weighted by Gasteiger charge is 2.10. The van der Waals surface area contributed by atoms with Crippen molar-refractivity contribution in [3.05, 3.63) is 34.7 Å². The summed E-state index contributed by atoms with van der Waals surface area (Å²) < 4.78 is 4.80. The van der Waals surface area contributed by atoms with E-state index in [1.807, 2.05) is 12.1 Å². The summed E-state index contributed by atoms with van der Waals surface area (Å²) in [5, 5.41) is 3.81. The van der Waals surface area contributed by atoms with Gasteiger partial charge in [-0.05, 0) is 6.07 Å². The third-order valence-corrected chi connectivity index (χ3v) is 2.36. The molecule has 3 rings (SSSR count). The molecule has 6 heteroatoms. The summed E-state index contributed by atoms with van der Waals surface area (Å²) in [4.78, 5) is 16.6. The molecule has 3 aromatic rings. The molecule has 1 aromatic carbocycles. The maximum atomic E-state index is 11.2. The Bertz CT molecular complexity index is 707. The van der Waals surface area contributed by atoms with E-state index in [-0.39, 0.29) is 11.6 Å². The maximum absolute atomic E-state index is 11.2. The Labute approximate surface area is 89.1 Å². The first-order valence-corrected chi connectivity index (χ1v) is 4.67. The fourth-order valence-corrected chi connectivity index (χ4v) is 1.69. The summed E-state index contributed by atoms with van der Waals surface area (Å²) in [5.41, 5.74) is 8.00. The van der Waals surface area contributed by atoms with E-state index in [1.165, 1.54) is 0 Å². The van der Waals surface area contributed by atoms with Crippen molar-refractivity contribution in [2.24, 2.45) is 0 Å². The fourth-order valence-electron chi connectivity index (χ4n) is 1.69. The van der Waals surface area contributed by atoms with Crippen molar-refractivity contribution < 1.29 is 4.52 Å². The van der Waals surface area contributed by atoms with Gasteiger partial charge in [0.25, 0.3) is 0 Å². The molecule has 2 aromatic heterocycles. The summed E-state index contributed by atoms with van der Waals surface area (Å²) in [6, 6.07) is 7.08.